The second-order valence-electron chi connectivity index (χ2n) is 8.01. The Bertz CT molecular complexity index is 1560. The highest BCUT2D eigenvalue weighted by Crippen LogP contribution is 2.48. The van der Waals surface area contributed by atoms with Crippen LogP contribution >= 0.6 is 45.9 Å². The van der Waals surface area contributed by atoms with Gasteiger partial charge < -0.3 is 9.84 Å². The van der Waals surface area contributed by atoms with Crippen LogP contribution in [0.15, 0.2) is 47.7 Å². The molecule has 0 aliphatic carbocycles. The predicted molar refractivity (Wildman–Crippen MR) is 143 cm³/mol. The van der Waals surface area contributed by atoms with Gasteiger partial charge in [-0.2, -0.15) is 0 Å². The minimum atomic E-state index is -1.08. The zero-order valence-corrected chi connectivity index (χ0v) is 22.5. The average molecular weight is 560 g/mol. The van der Waals surface area contributed by atoms with Gasteiger partial charge >= 0.3 is 0 Å². The first-order valence-electron chi connectivity index (χ1n) is 10.9. The number of halogens is 2. The number of aliphatic hydroxyl groups excluding tert-OH is 1. The maximum Gasteiger partial charge on any atom is 0.296 e. The first kappa shape index (κ1) is 24.7. The molecule has 3 heterocycles. The van der Waals surface area contributed by atoms with E-state index in [9.17, 15) is 14.7 Å². The number of carbonyl (C=O) groups is 2. The molecule has 4 aromatic rings. The van der Waals surface area contributed by atoms with E-state index in [0.717, 1.165) is 4.70 Å². The van der Waals surface area contributed by atoms with E-state index in [-0.39, 0.29) is 20.7 Å². The van der Waals surface area contributed by atoms with Gasteiger partial charge in [-0.15, -0.1) is 11.3 Å². The largest absolute Gasteiger partial charge is 0.503 e. The number of hydrogen-bond donors (Lipinski definition) is 1. The Morgan fingerprint density at radius 2 is 1.86 bits per heavy atom. The number of carbonyl (C=O) groups excluding carboxylic acids is 2. The number of Topliss-reactive ketones (excluding diaryl/α,β-unsaturated/α-hetero) is 1. The van der Waals surface area contributed by atoms with Gasteiger partial charge in [-0.25, -0.2) is 9.97 Å². The standard InChI is InChI=1S/C25H19Cl2N3O4S2/c1-4-34-13-8-9-16-17(10-13)36-25(29-16)30-20(18-14(26)6-5-7-15(18)27)19(22(32)24(30)33)21(31)23-11(2)28-12(3)35-23/h5-10,20,32H,4H2,1-3H3. The van der Waals surface area contributed by atoms with E-state index >= 15 is 0 Å². The molecule has 2 aromatic carbocycles. The summed E-state index contributed by atoms with van der Waals surface area (Å²) in [4.78, 5) is 37.8. The molecule has 1 amide bonds. The SMILES string of the molecule is CCOc1ccc2nc(N3C(=O)C(O)=C(C(=O)c4sc(C)nc4C)C3c3c(Cl)cccc3Cl)sc2c1. The van der Waals surface area contributed by atoms with Crippen molar-refractivity contribution in [1.29, 1.82) is 0 Å². The van der Waals surface area contributed by atoms with Crippen molar-refractivity contribution in [2.24, 2.45) is 0 Å². The van der Waals surface area contributed by atoms with Crippen LogP contribution in [0, 0.1) is 13.8 Å². The lowest BCUT2D eigenvalue weighted by Crippen LogP contribution is -2.31. The Morgan fingerprint density at radius 1 is 1.14 bits per heavy atom. The van der Waals surface area contributed by atoms with Crippen molar-refractivity contribution in [3.05, 3.63) is 78.9 Å². The number of aromatic nitrogens is 2. The molecule has 1 unspecified atom stereocenters. The van der Waals surface area contributed by atoms with E-state index in [0.29, 0.717) is 39.0 Å². The number of ether oxygens (including phenoxy) is 1. The lowest BCUT2D eigenvalue weighted by atomic mass is 9.95. The van der Waals surface area contributed by atoms with Crippen LogP contribution in [0.2, 0.25) is 10.0 Å². The highest BCUT2D eigenvalue weighted by Gasteiger charge is 2.48. The van der Waals surface area contributed by atoms with E-state index in [1.807, 2.05) is 13.0 Å². The number of benzene rings is 2. The van der Waals surface area contributed by atoms with E-state index in [4.69, 9.17) is 27.9 Å². The number of hydrogen-bond acceptors (Lipinski definition) is 8. The van der Waals surface area contributed by atoms with Gasteiger partial charge in [0, 0.05) is 15.6 Å². The molecule has 184 valence electrons. The van der Waals surface area contributed by atoms with Crippen LogP contribution in [0.5, 0.6) is 5.75 Å². The van der Waals surface area contributed by atoms with Crippen LogP contribution < -0.4 is 9.64 Å². The summed E-state index contributed by atoms with van der Waals surface area (Å²) in [6, 6.07) is 9.25. The summed E-state index contributed by atoms with van der Waals surface area (Å²) in [5.74, 6) is -1.26. The Labute approximate surface area is 224 Å². The predicted octanol–water partition coefficient (Wildman–Crippen LogP) is 6.86. The monoisotopic (exact) mass is 559 g/mol. The zero-order valence-electron chi connectivity index (χ0n) is 19.3. The minimum absolute atomic E-state index is 0.115. The summed E-state index contributed by atoms with van der Waals surface area (Å²) in [6.07, 6.45) is 0. The van der Waals surface area contributed by atoms with Gasteiger partial charge in [-0.3, -0.25) is 14.5 Å². The van der Waals surface area contributed by atoms with Gasteiger partial charge in [0.1, 0.15) is 11.8 Å². The molecule has 36 heavy (non-hydrogen) atoms. The number of aliphatic hydroxyl groups is 1. The molecule has 1 aliphatic rings. The minimum Gasteiger partial charge on any atom is -0.503 e. The van der Waals surface area contributed by atoms with Crippen LogP contribution in [0.1, 0.15) is 38.9 Å². The summed E-state index contributed by atoms with van der Waals surface area (Å²) >= 11 is 15.6. The summed E-state index contributed by atoms with van der Waals surface area (Å²) in [6.45, 7) is 5.90. The molecule has 2 aromatic heterocycles. The average Bonchev–Trinajstić information content (AvgIpc) is 3.47. The van der Waals surface area contributed by atoms with Crippen molar-refractivity contribution in [3.63, 3.8) is 0 Å². The first-order valence-corrected chi connectivity index (χ1v) is 13.3. The van der Waals surface area contributed by atoms with Gasteiger partial charge in [-0.05, 0) is 51.1 Å². The molecule has 0 saturated carbocycles. The molecule has 0 bridgehead atoms. The van der Waals surface area contributed by atoms with Crippen molar-refractivity contribution in [2.75, 3.05) is 11.5 Å². The van der Waals surface area contributed by atoms with Crippen LogP contribution in [-0.4, -0.2) is 33.4 Å². The Hall–Kier alpha value is -2.98. The molecule has 7 nitrogen and oxygen atoms in total. The summed E-state index contributed by atoms with van der Waals surface area (Å²) in [7, 11) is 0. The molecule has 0 spiro atoms. The maximum atomic E-state index is 13.8. The normalized spacial score (nSPS) is 15.9. The van der Waals surface area contributed by atoms with Crippen LogP contribution in [0.4, 0.5) is 5.13 Å². The number of anilines is 1. The number of aryl methyl sites for hydroxylation is 2. The fourth-order valence-corrected chi connectivity index (χ4v) is 6.69. The van der Waals surface area contributed by atoms with Gasteiger partial charge in [-0.1, -0.05) is 40.6 Å². The number of thiazole rings is 2. The van der Waals surface area contributed by atoms with E-state index < -0.39 is 23.5 Å². The molecule has 5 rings (SSSR count). The molecule has 1 atom stereocenters. The van der Waals surface area contributed by atoms with E-state index in [2.05, 4.69) is 9.97 Å². The third-order valence-electron chi connectivity index (χ3n) is 5.70. The summed E-state index contributed by atoms with van der Waals surface area (Å²) in [5, 5.41) is 12.5. The van der Waals surface area contributed by atoms with Gasteiger partial charge in [0.2, 0.25) is 5.78 Å². The maximum absolute atomic E-state index is 13.8. The molecular formula is C25H19Cl2N3O4S2. The fourth-order valence-electron chi connectivity index (χ4n) is 4.20. The number of rotatable bonds is 6. The van der Waals surface area contributed by atoms with Crippen LogP contribution in [0.25, 0.3) is 10.2 Å². The highest BCUT2D eigenvalue weighted by molar-refractivity contribution is 7.22. The van der Waals surface area contributed by atoms with Crippen molar-refractivity contribution in [3.8, 4) is 5.75 Å². The topological polar surface area (TPSA) is 92.6 Å². The van der Waals surface area contributed by atoms with Crippen LogP contribution in [0.3, 0.4) is 0 Å². The van der Waals surface area contributed by atoms with Gasteiger partial charge in [0.15, 0.2) is 10.9 Å². The van der Waals surface area contributed by atoms with E-state index in [1.54, 1.807) is 44.2 Å². The second-order valence-corrected chi connectivity index (χ2v) is 11.0. The molecule has 0 fully saturated rings. The lowest BCUT2D eigenvalue weighted by Gasteiger charge is -2.26. The number of amides is 1. The number of nitrogens with zero attached hydrogens (tertiary/aromatic N) is 3. The van der Waals surface area contributed by atoms with Crippen molar-refractivity contribution in [2.45, 2.75) is 26.8 Å². The third-order valence-corrected chi connectivity index (χ3v) is 8.45. The summed E-state index contributed by atoms with van der Waals surface area (Å²) < 4.78 is 6.36. The highest BCUT2D eigenvalue weighted by atomic mass is 35.5. The lowest BCUT2D eigenvalue weighted by molar-refractivity contribution is -0.117. The Balaban J connectivity index is 1.70. The number of fused-ring (bicyclic) bond motifs is 1. The zero-order chi connectivity index (χ0) is 25.7. The fraction of sp³-hybridized carbons (Fsp3) is 0.200. The first-order chi connectivity index (χ1) is 17.2. The smallest absolute Gasteiger partial charge is 0.296 e. The van der Waals surface area contributed by atoms with Crippen LogP contribution in [-0.2, 0) is 4.79 Å². The van der Waals surface area contributed by atoms with E-state index in [1.165, 1.54) is 27.6 Å². The Morgan fingerprint density at radius 3 is 2.50 bits per heavy atom. The number of ketones is 1. The molecule has 1 aliphatic heterocycles. The van der Waals surface area contributed by atoms with Crippen molar-refractivity contribution in [1.82, 2.24) is 9.97 Å². The Kier molecular flexibility index (Phi) is 6.50. The van der Waals surface area contributed by atoms with Crippen molar-refractivity contribution >= 4 is 72.9 Å². The quantitative estimate of drug-likeness (QED) is 0.259. The van der Waals surface area contributed by atoms with Gasteiger partial charge in [0.25, 0.3) is 5.91 Å². The third kappa shape index (κ3) is 4.06. The molecule has 0 saturated heterocycles. The molecule has 1 N–H and O–H groups in total. The van der Waals surface area contributed by atoms with Crippen molar-refractivity contribution < 1.29 is 19.4 Å². The molecule has 11 heteroatoms. The molecule has 0 radical (unpaired) electrons. The summed E-state index contributed by atoms with van der Waals surface area (Å²) in [5.41, 5.74) is 1.37. The second kappa shape index (κ2) is 9.48. The molecular weight excluding hydrogens is 541 g/mol. The van der Waals surface area contributed by atoms with Gasteiger partial charge in [0.05, 0.1) is 38.0 Å².